The van der Waals surface area contributed by atoms with E-state index >= 15 is 0 Å². The Morgan fingerprint density at radius 3 is 1.26 bits per heavy atom. The number of hydrogen-bond donors (Lipinski definition) is 11. The highest BCUT2D eigenvalue weighted by Crippen LogP contribution is 2.14. The van der Waals surface area contributed by atoms with Crippen LogP contribution in [0.2, 0.25) is 0 Å². The number of nitrogens with zero attached hydrogens (tertiary/aromatic N) is 2. The highest BCUT2D eigenvalue weighted by atomic mass is 16.5. The molecule has 9 amide bonds. The Bertz CT molecular complexity index is 1830. The minimum atomic E-state index is -0.875. The predicted octanol–water partition coefficient (Wildman–Crippen LogP) is 0.252. The molecule has 13 N–H and O–H groups in total. The lowest BCUT2D eigenvalue weighted by molar-refractivity contribution is -0.129. The van der Waals surface area contributed by atoms with Crippen LogP contribution in [0.1, 0.15) is 151 Å². The molecule has 0 saturated carbocycles. The first-order valence-electron chi connectivity index (χ1n) is 28.5. The molecule has 28 heteroatoms. The maximum Gasteiger partial charge on any atom is 0.246 e. The molecular formula is C53H99N13O15. The number of primary amides is 2. The summed E-state index contributed by atoms with van der Waals surface area (Å²) in [6.45, 7) is 13.9. The fourth-order valence-corrected chi connectivity index (χ4v) is 7.20. The zero-order valence-electron chi connectivity index (χ0n) is 49.1. The topological polar surface area (TPSA) is 410 Å². The fraction of sp³-hybridized carbons (Fsp3) is 0.830. The van der Waals surface area contributed by atoms with Crippen molar-refractivity contribution in [2.24, 2.45) is 21.8 Å². The number of nitrogens with two attached hydrogens (primary N) is 2. The molecular weight excluding hydrogens is 1060 g/mol. The lowest BCUT2D eigenvalue weighted by atomic mass is 9.95. The summed E-state index contributed by atoms with van der Waals surface area (Å²) in [5, 5.41) is 32.4. The number of carbonyl (C=O) groups is 9. The molecule has 466 valence electrons. The molecule has 2 unspecified atom stereocenters. The lowest BCUT2D eigenvalue weighted by Crippen LogP contribution is -2.58. The molecule has 0 rings (SSSR count). The molecule has 0 aliphatic rings. The number of amides is 9. The second kappa shape index (κ2) is 46.8. The van der Waals surface area contributed by atoms with Gasteiger partial charge in [0.05, 0.1) is 45.7 Å². The molecule has 0 saturated heterocycles. The van der Waals surface area contributed by atoms with Gasteiger partial charge in [0.1, 0.15) is 31.3 Å². The lowest BCUT2D eigenvalue weighted by Gasteiger charge is -2.34. The first-order valence-corrected chi connectivity index (χ1v) is 28.5. The first kappa shape index (κ1) is 75.2. The van der Waals surface area contributed by atoms with Crippen molar-refractivity contribution in [1.29, 1.82) is 0 Å². The molecule has 81 heavy (non-hydrogen) atoms. The average molecular weight is 1160 g/mol. The van der Waals surface area contributed by atoms with Crippen LogP contribution in [-0.2, 0) is 62.1 Å². The van der Waals surface area contributed by atoms with E-state index in [1.807, 2.05) is 27.7 Å². The standard InChI is InChI=1S/C53H99N13O15/c1-39(65-76)52(3,4)61-35-41(36-62-53(5,6)40(2)66-77)63-47(71)22-16-23-48(72)64-42(51(75)60-26-13-8-10-19-44(55)68)17-11-14-25-56-45(69)20-15-21-46(70)58-27-29-78-31-34-81-38-50(74)59-28-30-79-32-33-80-37-49(73)57-24-12-7-9-18-43(54)67/h39-42,61-62H,7-38H2,1-6H3,(H2,54,67)(H2,55,68)(H,56,69)(H,57,73)(H,58,70)(H,59,74)(H,60,75)(H,63,71)(H,64,72)/t39?,40?,41?,42-/m0/s1. The SMILES string of the molecule is CC(N=O)C(C)(C)NCC(CNC(C)(C)C(C)N=O)NC(=O)CCCC(=O)N[C@@H](CCCCNC(=O)CCCC(=O)NCCOCCOCC(=O)NCCOCCOCC(=O)NCCCCCC(N)=O)C(=O)NCCCCCC(N)=O. The Labute approximate surface area is 478 Å². The van der Waals surface area contributed by atoms with E-state index in [4.69, 9.17) is 30.4 Å². The van der Waals surface area contributed by atoms with Gasteiger partial charge in [-0.1, -0.05) is 23.2 Å². The summed E-state index contributed by atoms with van der Waals surface area (Å²) in [6.07, 6.45) is 6.71. The van der Waals surface area contributed by atoms with Crippen molar-refractivity contribution in [3.8, 4) is 0 Å². The molecule has 0 aromatic carbocycles. The van der Waals surface area contributed by atoms with E-state index in [1.54, 1.807) is 13.8 Å². The number of unbranched alkanes of at least 4 members (excludes halogenated alkanes) is 5. The maximum atomic E-state index is 13.3. The van der Waals surface area contributed by atoms with E-state index in [0.717, 1.165) is 12.8 Å². The number of carbonyl (C=O) groups excluding carboxylic acids is 9. The zero-order valence-corrected chi connectivity index (χ0v) is 49.1. The van der Waals surface area contributed by atoms with E-state index < -0.39 is 47.1 Å². The summed E-state index contributed by atoms with van der Waals surface area (Å²) in [5.74, 6) is -2.89. The third kappa shape index (κ3) is 43.6. The van der Waals surface area contributed by atoms with Crippen LogP contribution in [0.4, 0.5) is 0 Å². The van der Waals surface area contributed by atoms with Gasteiger partial charge >= 0.3 is 0 Å². The molecule has 28 nitrogen and oxygen atoms in total. The van der Waals surface area contributed by atoms with E-state index in [9.17, 15) is 53.0 Å². The molecule has 0 radical (unpaired) electrons. The summed E-state index contributed by atoms with van der Waals surface area (Å²) >= 11 is 0. The van der Waals surface area contributed by atoms with Crippen molar-refractivity contribution in [2.75, 3.05) is 98.7 Å². The summed E-state index contributed by atoms with van der Waals surface area (Å²) in [6, 6.07) is -2.45. The van der Waals surface area contributed by atoms with Crippen molar-refractivity contribution in [3.05, 3.63) is 9.81 Å². The van der Waals surface area contributed by atoms with Crippen LogP contribution in [0.5, 0.6) is 0 Å². The molecule has 0 heterocycles. The second-order valence-corrected chi connectivity index (χ2v) is 20.9. The minimum Gasteiger partial charge on any atom is -0.377 e. The highest BCUT2D eigenvalue weighted by molar-refractivity contribution is 5.88. The Balaban J connectivity index is 4.53. The summed E-state index contributed by atoms with van der Waals surface area (Å²) in [5.41, 5.74) is 8.96. The molecule has 0 spiro atoms. The van der Waals surface area contributed by atoms with Crippen LogP contribution in [0.25, 0.3) is 0 Å². The normalized spacial score (nSPS) is 12.9. The van der Waals surface area contributed by atoms with Crippen molar-refractivity contribution in [2.45, 2.75) is 186 Å². The molecule has 0 bridgehead atoms. The number of nitrogens with one attached hydrogen (secondary N) is 9. The van der Waals surface area contributed by atoms with E-state index in [1.165, 1.54) is 0 Å². The largest absolute Gasteiger partial charge is 0.377 e. The molecule has 0 aromatic rings. The summed E-state index contributed by atoms with van der Waals surface area (Å²) in [4.78, 5) is 132. The number of nitroso groups, excluding NO2 is 2. The molecule has 3 atom stereocenters. The van der Waals surface area contributed by atoms with E-state index in [0.29, 0.717) is 71.0 Å². The summed E-state index contributed by atoms with van der Waals surface area (Å²) in [7, 11) is 0. The van der Waals surface area contributed by atoms with Crippen molar-refractivity contribution < 1.29 is 62.1 Å². The second-order valence-electron chi connectivity index (χ2n) is 20.9. The van der Waals surface area contributed by atoms with Crippen LogP contribution in [0, 0.1) is 9.81 Å². The van der Waals surface area contributed by atoms with E-state index in [2.05, 4.69) is 58.2 Å². The van der Waals surface area contributed by atoms with Crippen LogP contribution < -0.4 is 59.3 Å². The van der Waals surface area contributed by atoms with Crippen LogP contribution >= 0.6 is 0 Å². The van der Waals surface area contributed by atoms with Gasteiger partial charge < -0.3 is 78.3 Å². The fourth-order valence-electron chi connectivity index (χ4n) is 7.20. The smallest absolute Gasteiger partial charge is 0.246 e. The van der Waals surface area contributed by atoms with Gasteiger partial charge in [0, 0.05) is 95.4 Å². The van der Waals surface area contributed by atoms with Gasteiger partial charge in [-0.15, -0.1) is 0 Å². The van der Waals surface area contributed by atoms with Crippen LogP contribution in [0.3, 0.4) is 0 Å². The van der Waals surface area contributed by atoms with Crippen molar-refractivity contribution >= 4 is 53.2 Å². The third-order valence-corrected chi connectivity index (χ3v) is 13.1. The Kier molecular flexibility index (Phi) is 43.4. The molecule has 0 aliphatic heterocycles. The van der Waals surface area contributed by atoms with Gasteiger partial charge in [0.25, 0.3) is 0 Å². The molecule has 0 fully saturated rings. The number of rotatable bonds is 54. The van der Waals surface area contributed by atoms with Gasteiger partial charge in [-0.3, -0.25) is 43.2 Å². The monoisotopic (exact) mass is 1160 g/mol. The van der Waals surface area contributed by atoms with Gasteiger partial charge in [-0.25, -0.2) is 0 Å². The van der Waals surface area contributed by atoms with E-state index in [-0.39, 0.29) is 165 Å². The van der Waals surface area contributed by atoms with Crippen LogP contribution in [-0.4, -0.2) is 187 Å². The zero-order chi connectivity index (χ0) is 60.7. The maximum absolute atomic E-state index is 13.3. The van der Waals surface area contributed by atoms with Gasteiger partial charge in [-0.2, -0.15) is 9.81 Å². The third-order valence-electron chi connectivity index (χ3n) is 13.1. The Hall–Kier alpha value is -5.81. The van der Waals surface area contributed by atoms with Gasteiger partial charge in [0.15, 0.2) is 0 Å². The van der Waals surface area contributed by atoms with Gasteiger partial charge in [-0.05, 0) is 99.3 Å². The first-order chi connectivity index (χ1) is 38.5. The quantitative estimate of drug-likeness (QED) is 0.0287. The van der Waals surface area contributed by atoms with Crippen LogP contribution in [0.15, 0.2) is 10.4 Å². The van der Waals surface area contributed by atoms with Gasteiger partial charge in [0.2, 0.25) is 53.2 Å². The highest BCUT2D eigenvalue weighted by Gasteiger charge is 2.30. The Morgan fingerprint density at radius 2 is 0.802 bits per heavy atom. The van der Waals surface area contributed by atoms with Crippen molar-refractivity contribution in [1.82, 2.24) is 47.9 Å². The summed E-state index contributed by atoms with van der Waals surface area (Å²) < 4.78 is 21.4. The predicted molar refractivity (Wildman–Crippen MR) is 304 cm³/mol. The molecule has 0 aliphatic carbocycles. The molecule has 0 aromatic heterocycles. The Morgan fingerprint density at radius 1 is 0.420 bits per heavy atom. The number of ether oxygens (including phenoxy) is 4. The average Bonchev–Trinajstić information content (AvgIpc) is 3.42. The minimum absolute atomic E-state index is 0.0104. The van der Waals surface area contributed by atoms with Crippen molar-refractivity contribution in [3.63, 3.8) is 0 Å². The number of hydrogen-bond acceptors (Lipinski definition) is 19.